The summed E-state index contributed by atoms with van der Waals surface area (Å²) < 4.78 is 26.0. The summed E-state index contributed by atoms with van der Waals surface area (Å²) in [7, 11) is -3.22. The van der Waals surface area contributed by atoms with Gasteiger partial charge in [-0.1, -0.05) is 17.7 Å². The number of nitrogens with zero attached hydrogens (tertiary/aromatic N) is 1. The molecule has 0 bridgehead atoms. The van der Waals surface area contributed by atoms with Gasteiger partial charge in [-0.15, -0.1) is 11.8 Å². The third-order valence-corrected chi connectivity index (χ3v) is 6.33. The highest BCUT2D eigenvalue weighted by Crippen LogP contribution is 2.20. The molecule has 2 rings (SSSR count). The lowest BCUT2D eigenvalue weighted by molar-refractivity contribution is -0.129. The molecule has 1 atom stereocenters. The van der Waals surface area contributed by atoms with Crippen LogP contribution in [0.1, 0.15) is 25.3 Å². The van der Waals surface area contributed by atoms with E-state index in [1.165, 1.54) is 17.3 Å². The van der Waals surface area contributed by atoms with E-state index >= 15 is 0 Å². The SMILES string of the molecule is CCS(=O)(=O)NC1CCCN(C(=O)CSc2ccc(C)cc2)C1. The number of hydrogen-bond donors (Lipinski definition) is 1. The number of benzene rings is 1. The zero-order chi connectivity index (χ0) is 16.9. The topological polar surface area (TPSA) is 66.5 Å². The van der Waals surface area contributed by atoms with Gasteiger partial charge in [0.15, 0.2) is 0 Å². The van der Waals surface area contributed by atoms with Crippen molar-refractivity contribution >= 4 is 27.7 Å². The molecule has 1 unspecified atom stereocenters. The van der Waals surface area contributed by atoms with Gasteiger partial charge in [0.1, 0.15) is 0 Å². The first-order valence-electron chi connectivity index (χ1n) is 7.87. The van der Waals surface area contributed by atoms with Crippen LogP contribution in [0.15, 0.2) is 29.2 Å². The van der Waals surface area contributed by atoms with Crippen LogP contribution in [0.4, 0.5) is 0 Å². The van der Waals surface area contributed by atoms with Crippen molar-refractivity contribution in [2.75, 3.05) is 24.6 Å². The Balaban J connectivity index is 1.85. The number of carbonyl (C=O) groups excluding carboxylic acids is 1. The van der Waals surface area contributed by atoms with Crippen LogP contribution in [0.25, 0.3) is 0 Å². The van der Waals surface area contributed by atoms with Crippen molar-refractivity contribution in [1.29, 1.82) is 0 Å². The molecule has 1 aromatic carbocycles. The molecule has 0 aliphatic carbocycles. The minimum atomic E-state index is -3.22. The second-order valence-electron chi connectivity index (χ2n) is 5.80. The Morgan fingerprint density at radius 2 is 2.04 bits per heavy atom. The highest BCUT2D eigenvalue weighted by atomic mass is 32.2. The number of thioether (sulfide) groups is 1. The number of likely N-dealkylation sites (tertiary alicyclic amines) is 1. The molecule has 1 aromatic rings. The van der Waals surface area contributed by atoms with Crippen LogP contribution in [-0.2, 0) is 14.8 Å². The second kappa shape index (κ2) is 8.17. The lowest BCUT2D eigenvalue weighted by Gasteiger charge is -2.33. The van der Waals surface area contributed by atoms with Gasteiger partial charge in [-0.05, 0) is 38.8 Å². The molecule has 5 nitrogen and oxygen atoms in total. The van der Waals surface area contributed by atoms with Crippen LogP contribution in [0.3, 0.4) is 0 Å². The van der Waals surface area contributed by atoms with Gasteiger partial charge in [0, 0.05) is 24.0 Å². The zero-order valence-corrected chi connectivity index (χ0v) is 15.3. The quantitative estimate of drug-likeness (QED) is 0.792. The van der Waals surface area contributed by atoms with Gasteiger partial charge >= 0.3 is 0 Å². The molecule has 0 radical (unpaired) electrons. The fourth-order valence-corrected chi connectivity index (χ4v) is 4.18. The summed E-state index contributed by atoms with van der Waals surface area (Å²) in [6.45, 7) is 4.82. The van der Waals surface area contributed by atoms with Crippen molar-refractivity contribution in [3.8, 4) is 0 Å². The minimum Gasteiger partial charge on any atom is -0.340 e. The van der Waals surface area contributed by atoms with Crippen molar-refractivity contribution in [3.63, 3.8) is 0 Å². The monoisotopic (exact) mass is 356 g/mol. The molecule has 1 N–H and O–H groups in total. The Morgan fingerprint density at radius 1 is 1.35 bits per heavy atom. The minimum absolute atomic E-state index is 0.0657. The summed E-state index contributed by atoms with van der Waals surface area (Å²) in [5.41, 5.74) is 1.20. The van der Waals surface area contributed by atoms with E-state index < -0.39 is 10.0 Å². The maximum atomic E-state index is 12.3. The van der Waals surface area contributed by atoms with E-state index in [-0.39, 0.29) is 17.7 Å². The van der Waals surface area contributed by atoms with E-state index in [2.05, 4.69) is 4.72 Å². The fraction of sp³-hybridized carbons (Fsp3) is 0.562. The van der Waals surface area contributed by atoms with Gasteiger partial charge in [-0.2, -0.15) is 0 Å². The molecule has 1 aliphatic rings. The summed E-state index contributed by atoms with van der Waals surface area (Å²) in [5, 5.41) is 0. The van der Waals surface area contributed by atoms with Crippen LogP contribution >= 0.6 is 11.8 Å². The number of aryl methyl sites for hydroxylation is 1. The zero-order valence-electron chi connectivity index (χ0n) is 13.6. The Labute approximate surface area is 142 Å². The Hall–Kier alpha value is -1.05. The van der Waals surface area contributed by atoms with Gasteiger partial charge in [0.25, 0.3) is 0 Å². The van der Waals surface area contributed by atoms with Gasteiger partial charge in [0.05, 0.1) is 11.5 Å². The molecule has 0 spiro atoms. The van der Waals surface area contributed by atoms with Crippen molar-refractivity contribution in [3.05, 3.63) is 29.8 Å². The number of nitrogens with one attached hydrogen (secondary N) is 1. The Morgan fingerprint density at radius 3 is 2.70 bits per heavy atom. The molecule has 1 saturated heterocycles. The van der Waals surface area contributed by atoms with Crippen LogP contribution in [0.2, 0.25) is 0 Å². The van der Waals surface area contributed by atoms with Crippen LogP contribution in [-0.4, -0.2) is 49.9 Å². The standard InChI is InChI=1S/C16H24N2O3S2/c1-3-23(20,21)17-14-5-4-10-18(11-14)16(19)12-22-15-8-6-13(2)7-9-15/h6-9,14,17H,3-5,10-12H2,1-2H3. The number of hydrogen-bond acceptors (Lipinski definition) is 4. The third-order valence-electron chi connectivity index (χ3n) is 3.88. The molecule has 23 heavy (non-hydrogen) atoms. The van der Waals surface area contributed by atoms with Crippen LogP contribution < -0.4 is 4.72 Å². The first-order valence-corrected chi connectivity index (χ1v) is 10.5. The van der Waals surface area contributed by atoms with E-state index in [0.29, 0.717) is 18.8 Å². The number of sulfonamides is 1. The molecule has 1 heterocycles. The molecule has 128 valence electrons. The van der Waals surface area contributed by atoms with E-state index in [4.69, 9.17) is 0 Å². The van der Waals surface area contributed by atoms with E-state index in [0.717, 1.165) is 17.7 Å². The first kappa shape index (κ1) is 18.3. The summed E-state index contributed by atoms with van der Waals surface area (Å²) in [4.78, 5) is 15.2. The normalized spacial score (nSPS) is 18.9. The highest BCUT2D eigenvalue weighted by molar-refractivity contribution is 8.00. The van der Waals surface area contributed by atoms with Crippen molar-refractivity contribution in [2.24, 2.45) is 0 Å². The number of amides is 1. The molecule has 0 saturated carbocycles. The largest absolute Gasteiger partial charge is 0.340 e. The summed E-state index contributed by atoms with van der Waals surface area (Å²) >= 11 is 1.52. The van der Waals surface area contributed by atoms with Crippen molar-refractivity contribution < 1.29 is 13.2 Å². The smallest absolute Gasteiger partial charge is 0.232 e. The predicted octanol–water partition coefficient (Wildman–Crippen LogP) is 2.02. The highest BCUT2D eigenvalue weighted by Gasteiger charge is 2.26. The summed E-state index contributed by atoms with van der Waals surface area (Å²) in [5.74, 6) is 0.521. The first-order chi connectivity index (χ1) is 10.9. The van der Waals surface area contributed by atoms with Gasteiger partial charge in [-0.3, -0.25) is 4.79 Å². The molecule has 1 fully saturated rings. The van der Waals surface area contributed by atoms with Crippen molar-refractivity contribution in [2.45, 2.75) is 37.6 Å². The lowest BCUT2D eigenvalue weighted by atomic mass is 10.1. The number of carbonyl (C=O) groups is 1. The Bertz CT molecular complexity index is 629. The van der Waals surface area contributed by atoms with Gasteiger partial charge in [0.2, 0.25) is 15.9 Å². The summed E-state index contributed by atoms with van der Waals surface area (Å²) in [6, 6.07) is 7.93. The maximum absolute atomic E-state index is 12.3. The van der Waals surface area contributed by atoms with E-state index in [1.54, 1.807) is 11.8 Å². The van der Waals surface area contributed by atoms with Gasteiger partial charge < -0.3 is 4.90 Å². The molecular formula is C16H24N2O3S2. The van der Waals surface area contributed by atoms with Crippen molar-refractivity contribution in [1.82, 2.24) is 9.62 Å². The van der Waals surface area contributed by atoms with E-state index in [1.807, 2.05) is 31.2 Å². The van der Waals surface area contributed by atoms with Gasteiger partial charge in [-0.25, -0.2) is 13.1 Å². The average molecular weight is 357 g/mol. The lowest BCUT2D eigenvalue weighted by Crippen LogP contribution is -2.50. The maximum Gasteiger partial charge on any atom is 0.232 e. The molecule has 7 heteroatoms. The third kappa shape index (κ3) is 5.82. The van der Waals surface area contributed by atoms with E-state index in [9.17, 15) is 13.2 Å². The fourth-order valence-electron chi connectivity index (χ4n) is 2.51. The number of piperidine rings is 1. The molecule has 1 amide bonds. The number of rotatable bonds is 6. The summed E-state index contributed by atoms with van der Waals surface area (Å²) in [6.07, 6.45) is 1.62. The molecule has 1 aliphatic heterocycles. The molecule has 0 aromatic heterocycles. The van der Waals surface area contributed by atoms with Crippen LogP contribution in [0, 0.1) is 6.92 Å². The predicted molar refractivity (Wildman–Crippen MR) is 94.1 cm³/mol. The molecular weight excluding hydrogens is 332 g/mol. The average Bonchev–Trinajstić information content (AvgIpc) is 2.54. The Kier molecular flexibility index (Phi) is 6.50. The second-order valence-corrected chi connectivity index (χ2v) is 8.89. The van der Waals surface area contributed by atoms with Crippen LogP contribution in [0.5, 0.6) is 0 Å².